The molecule has 1 amide bonds. The number of carbonyl (C=O) groups is 1. The van der Waals surface area contributed by atoms with Crippen molar-refractivity contribution in [2.24, 2.45) is 0 Å². The summed E-state index contributed by atoms with van der Waals surface area (Å²) in [5.41, 5.74) is 3.39. The van der Waals surface area contributed by atoms with Crippen LogP contribution in [0.15, 0.2) is 53.7 Å². The largest absolute Gasteiger partial charge is 0.339 e. The van der Waals surface area contributed by atoms with Gasteiger partial charge in [0.2, 0.25) is 11.1 Å². The van der Waals surface area contributed by atoms with Gasteiger partial charge in [-0.05, 0) is 24.6 Å². The predicted molar refractivity (Wildman–Crippen MR) is 121 cm³/mol. The number of hydrogen-bond acceptors (Lipinski definition) is 5. The Morgan fingerprint density at radius 3 is 2.63 bits per heavy atom. The molecule has 0 radical (unpaired) electrons. The molecule has 1 aliphatic rings. The summed E-state index contributed by atoms with van der Waals surface area (Å²) >= 11 is 7.44. The molecule has 8 heteroatoms. The molecule has 4 rings (SSSR count). The van der Waals surface area contributed by atoms with E-state index in [4.69, 9.17) is 11.6 Å². The standard InChI is InChI=1S/C22H24ClN5OS/c1-16-5-7-18(8-6-16)21-24-22(26-25-21)30-15-20(29)28-11-9-27(10-12-28)14-17-3-2-4-19(23)13-17/h2-8,13H,9-12,14-15H2,1H3,(H,24,25,26). The monoisotopic (exact) mass is 441 g/mol. The molecule has 0 unspecified atom stereocenters. The van der Waals surface area contributed by atoms with Gasteiger partial charge in [-0.1, -0.05) is 65.3 Å². The van der Waals surface area contributed by atoms with Crippen molar-refractivity contribution < 1.29 is 4.79 Å². The first-order valence-corrected chi connectivity index (χ1v) is 11.3. The number of H-pyrrole nitrogens is 1. The normalized spacial score (nSPS) is 14.8. The molecule has 30 heavy (non-hydrogen) atoms. The third-order valence-corrected chi connectivity index (χ3v) is 6.20. The number of nitrogens with one attached hydrogen (secondary N) is 1. The minimum atomic E-state index is 0.129. The minimum absolute atomic E-state index is 0.129. The number of rotatable bonds is 6. The van der Waals surface area contributed by atoms with Crippen LogP contribution in [0.3, 0.4) is 0 Å². The topological polar surface area (TPSA) is 65.1 Å². The lowest BCUT2D eigenvalue weighted by Gasteiger charge is -2.34. The number of aryl methyl sites for hydroxylation is 1. The maximum absolute atomic E-state index is 12.6. The number of aromatic amines is 1. The molecule has 156 valence electrons. The van der Waals surface area contributed by atoms with Crippen molar-refractivity contribution in [3.8, 4) is 11.4 Å². The molecule has 0 spiro atoms. The van der Waals surface area contributed by atoms with Crippen molar-refractivity contribution in [3.63, 3.8) is 0 Å². The van der Waals surface area contributed by atoms with E-state index in [1.165, 1.54) is 22.9 Å². The Labute approximate surface area is 185 Å². The Hall–Kier alpha value is -2.35. The van der Waals surface area contributed by atoms with Gasteiger partial charge in [0.05, 0.1) is 5.75 Å². The summed E-state index contributed by atoms with van der Waals surface area (Å²) in [7, 11) is 0. The number of aromatic nitrogens is 3. The van der Waals surface area contributed by atoms with Crippen molar-refractivity contribution in [1.82, 2.24) is 25.0 Å². The van der Waals surface area contributed by atoms with E-state index in [1.54, 1.807) is 0 Å². The van der Waals surface area contributed by atoms with E-state index >= 15 is 0 Å². The van der Waals surface area contributed by atoms with E-state index < -0.39 is 0 Å². The van der Waals surface area contributed by atoms with Gasteiger partial charge in [-0.15, -0.1) is 5.10 Å². The fraction of sp³-hybridized carbons (Fsp3) is 0.318. The molecular weight excluding hydrogens is 418 g/mol. The summed E-state index contributed by atoms with van der Waals surface area (Å²) in [5.74, 6) is 1.20. The van der Waals surface area contributed by atoms with Crippen LogP contribution in [0.4, 0.5) is 0 Å². The maximum Gasteiger partial charge on any atom is 0.233 e. The zero-order chi connectivity index (χ0) is 20.9. The van der Waals surface area contributed by atoms with Crippen LogP contribution in [0, 0.1) is 6.92 Å². The van der Waals surface area contributed by atoms with Gasteiger partial charge in [-0.25, -0.2) is 4.98 Å². The number of thioether (sulfide) groups is 1. The molecule has 1 fully saturated rings. The molecule has 0 atom stereocenters. The molecule has 2 heterocycles. The zero-order valence-electron chi connectivity index (χ0n) is 16.8. The van der Waals surface area contributed by atoms with Crippen LogP contribution in [0.1, 0.15) is 11.1 Å². The summed E-state index contributed by atoms with van der Waals surface area (Å²) in [6.45, 7) is 6.11. The number of halogens is 1. The Morgan fingerprint density at radius 1 is 1.13 bits per heavy atom. The third-order valence-electron chi connectivity index (χ3n) is 5.13. The number of benzene rings is 2. The van der Waals surface area contributed by atoms with Gasteiger partial charge in [0, 0.05) is 43.3 Å². The Morgan fingerprint density at radius 2 is 1.90 bits per heavy atom. The molecule has 1 N–H and O–H groups in total. The first-order chi connectivity index (χ1) is 14.6. The second kappa shape index (κ2) is 9.64. The van der Waals surface area contributed by atoms with Crippen LogP contribution in [0.5, 0.6) is 0 Å². The Bertz CT molecular complexity index is 999. The maximum atomic E-state index is 12.6. The van der Waals surface area contributed by atoms with Crippen molar-refractivity contribution >= 4 is 29.3 Å². The minimum Gasteiger partial charge on any atom is -0.339 e. The van der Waals surface area contributed by atoms with Crippen molar-refractivity contribution in [3.05, 3.63) is 64.7 Å². The van der Waals surface area contributed by atoms with Crippen LogP contribution in [0.25, 0.3) is 11.4 Å². The molecule has 3 aromatic rings. The van der Waals surface area contributed by atoms with Crippen molar-refractivity contribution in [2.45, 2.75) is 18.6 Å². The van der Waals surface area contributed by atoms with Crippen molar-refractivity contribution in [1.29, 1.82) is 0 Å². The van der Waals surface area contributed by atoms with Gasteiger partial charge in [0.1, 0.15) is 0 Å². The van der Waals surface area contributed by atoms with E-state index in [-0.39, 0.29) is 5.91 Å². The van der Waals surface area contributed by atoms with E-state index in [0.717, 1.165) is 49.1 Å². The highest BCUT2D eigenvalue weighted by Crippen LogP contribution is 2.20. The Kier molecular flexibility index (Phi) is 6.72. The lowest BCUT2D eigenvalue weighted by Crippen LogP contribution is -2.48. The number of nitrogens with zero attached hydrogens (tertiary/aromatic N) is 4. The van der Waals surface area contributed by atoms with E-state index in [9.17, 15) is 4.79 Å². The van der Waals surface area contributed by atoms with E-state index in [2.05, 4.69) is 26.1 Å². The second-order valence-corrected chi connectivity index (χ2v) is 8.79. The van der Waals surface area contributed by atoms with Crippen molar-refractivity contribution in [2.75, 3.05) is 31.9 Å². The van der Waals surface area contributed by atoms with E-state index in [0.29, 0.717) is 10.9 Å². The summed E-state index contributed by atoms with van der Waals surface area (Å²) in [5, 5.41) is 8.55. The summed E-state index contributed by atoms with van der Waals surface area (Å²) in [6.07, 6.45) is 0. The smallest absolute Gasteiger partial charge is 0.233 e. The number of hydrogen-bond donors (Lipinski definition) is 1. The van der Waals surface area contributed by atoms with Gasteiger partial charge >= 0.3 is 0 Å². The van der Waals surface area contributed by atoms with Gasteiger partial charge in [-0.2, -0.15) is 0 Å². The molecule has 0 aliphatic carbocycles. The highest BCUT2D eigenvalue weighted by Gasteiger charge is 2.21. The fourth-order valence-corrected chi connectivity index (χ4v) is 4.33. The molecule has 1 aliphatic heterocycles. The van der Waals surface area contributed by atoms with Gasteiger partial charge in [0.15, 0.2) is 5.82 Å². The fourth-order valence-electron chi connectivity index (χ4n) is 3.42. The first kappa shape index (κ1) is 20.9. The van der Waals surface area contributed by atoms with Crippen LogP contribution in [-0.2, 0) is 11.3 Å². The van der Waals surface area contributed by atoms with Gasteiger partial charge in [0.25, 0.3) is 0 Å². The predicted octanol–water partition coefficient (Wildman–Crippen LogP) is 3.87. The molecule has 2 aromatic carbocycles. The number of carbonyl (C=O) groups excluding carboxylic acids is 1. The van der Waals surface area contributed by atoms with Crippen LogP contribution in [-0.4, -0.2) is 62.8 Å². The highest BCUT2D eigenvalue weighted by atomic mass is 35.5. The number of piperazine rings is 1. The van der Waals surface area contributed by atoms with Crippen LogP contribution < -0.4 is 0 Å². The van der Waals surface area contributed by atoms with E-state index in [1.807, 2.05) is 54.3 Å². The lowest BCUT2D eigenvalue weighted by atomic mass is 10.1. The molecule has 1 aromatic heterocycles. The van der Waals surface area contributed by atoms with Gasteiger partial charge < -0.3 is 4.90 Å². The average Bonchev–Trinajstić information content (AvgIpc) is 3.22. The summed E-state index contributed by atoms with van der Waals surface area (Å²) < 4.78 is 0. The lowest BCUT2D eigenvalue weighted by molar-refractivity contribution is -0.130. The Balaban J connectivity index is 1.24. The molecule has 0 bridgehead atoms. The molecule has 0 saturated carbocycles. The van der Waals surface area contributed by atoms with Crippen LogP contribution >= 0.6 is 23.4 Å². The highest BCUT2D eigenvalue weighted by molar-refractivity contribution is 7.99. The van der Waals surface area contributed by atoms with Crippen LogP contribution in [0.2, 0.25) is 5.02 Å². The third kappa shape index (κ3) is 5.41. The number of amides is 1. The van der Waals surface area contributed by atoms with Gasteiger partial charge in [-0.3, -0.25) is 14.8 Å². The summed E-state index contributed by atoms with van der Waals surface area (Å²) in [6, 6.07) is 16.1. The SMILES string of the molecule is Cc1ccc(-c2nc(SCC(=O)N3CCN(Cc4cccc(Cl)c4)CC3)n[nH]2)cc1. The zero-order valence-corrected chi connectivity index (χ0v) is 18.4. The molecule has 1 saturated heterocycles. The second-order valence-electron chi connectivity index (χ2n) is 7.41. The average molecular weight is 442 g/mol. The first-order valence-electron chi connectivity index (χ1n) is 9.93. The molecule has 6 nitrogen and oxygen atoms in total. The molecular formula is C22H24ClN5OS. The summed E-state index contributed by atoms with van der Waals surface area (Å²) in [4.78, 5) is 21.4. The quantitative estimate of drug-likeness (QED) is 0.588.